The molecule has 18 heavy (non-hydrogen) atoms. The Bertz CT molecular complexity index is 590. The van der Waals surface area contributed by atoms with E-state index < -0.39 is 5.82 Å². The van der Waals surface area contributed by atoms with Gasteiger partial charge < -0.3 is 0 Å². The van der Waals surface area contributed by atoms with Crippen LogP contribution >= 0.6 is 23.4 Å². The second-order valence-electron chi connectivity index (χ2n) is 3.67. The third kappa shape index (κ3) is 3.25. The first-order chi connectivity index (χ1) is 8.69. The Morgan fingerprint density at radius 2 is 1.89 bits per heavy atom. The van der Waals surface area contributed by atoms with Gasteiger partial charge in [0.05, 0.1) is 5.56 Å². The lowest BCUT2D eigenvalue weighted by Crippen LogP contribution is -1.87. The van der Waals surface area contributed by atoms with Gasteiger partial charge in [0.2, 0.25) is 0 Å². The van der Waals surface area contributed by atoms with Crippen LogP contribution in [-0.4, -0.2) is 0 Å². The van der Waals surface area contributed by atoms with Crippen molar-refractivity contribution in [3.05, 3.63) is 64.4 Å². The summed E-state index contributed by atoms with van der Waals surface area (Å²) in [5, 5.41) is 9.45. The summed E-state index contributed by atoms with van der Waals surface area (Å²) in [4.78, 5) is 1.09. The molecule has 0 spiro atoms. The molecule has 90 valence electrons. The van der Waals surface area contributed by atoms with Crippen LogP contribution in [0.25, 0.3) is 0 Å². The van der Waals surface area contributed by atoms with Crippen LogP contribution in [0.3, 0.4) is 0 Å². The van der Waals surface area contributed by atoms with Crippen LogP contribution in [0, 0.1) is 17.1 Å². The molecule has 0 fully saturated rings. The van der Waals surface area contributed by atoms with E-state index in [0.717, 1.165) is 10.5 Å². The van der Waals surface area contributed by atoms with Crippen molar-refractivity contribution in [2.45, 2.75) is 10.6 Å². The van der Waals surface area contributed by atoms with E-state index in [2.05, 4.69) is 0 Å². The largest absolute Gasteiger partial charge is 0.206 e. The maximum Gasteiger partial charge on any atom is 0.140 e. The van der Waals surface area contributed by atoms with Crippen LogP contribution in [0.2, 0.25) is 5.02 Å². The summed E-state index contributed by atoms with van der Waals surface area (Å²) in [7, 11) is 0. The Morgan fingerprint density at radius 3 is 2.56 bits per heavy atom. The number of nitrogens with zero attached hydrogens (tertiary/aromatic N) is 1. The van der Waals surface area contributed by atoms with Gasteiger partial charge in [0.25, 0.3) is 0 Å². The van der Waals surface area contributed by atoms with E-state index in [1.807, 2.05) is 30.3 Å². The van der Waals surface area contributed by atoms with Gasteiger partial charge in [0.15, 0.2) is 0 Å². The number of thioether (sulfide) groups is 1. The predicted molar refractivity (Wildman–Crippen MR) is 72.1 cm³/mol. The lowest BCUT2D eigenvalue weighted by atomic mass is 10.1. The van der Waals surface area contributed by atoms with Crippen LogP contribution in [0.1, 0.15) is 11.1 Å². The molecule has 0 aliphatic rings. The molecule has 0 aromatic heterocycles. The molecular formula is C14H9ClFNS. The van der Waals surface area contributed by atoms with Crippen molar-refractivity contribution in [3.63, 3.8) is 0 Å². The third-order valence-corrected chi connectivity index (χ3v) is 3.71. The molecule has 0 bridgehead atoms. The molecule has 0 heterocycles. The molecule has 4 heteroatoms. The minimum absolute atomic E-state index is 0.0872. The summed E-state index contributed by atoms with van der Waals surface area (Å²) in [5.74, 6) is 0.217. The Labute approximate surface area is 114 Å². The van der Waals surface area contributed by atoms with Gasteiger partial charge in [-0.25, -0.2) is 4.39 Å². The van der Waals surface area contributed by atoms with Crippen LogP contribution < -0.4 is 0 Å². The third-order valence-electron chi connectivity index (χ3n) is 2.37. The molecular weight excluding hydrogens is 269 g/mol. The van der Waals surface area contributed by atoms with Crippen molar-refractivity contribution < 1.29 is 4.39 Å². The molecule has 0 saturated carbocycles. The van der Waals surface area contributed by atoms with Crippen molar-refractivity contribution in [2.75, 3.05) is 0 Å². The van der Waals surface area contributed by atoms with E-state index in [-0.39, 0.29) is 5.56 Å². The van der Waals surface area contributed by atoms with Gasteiger partial charge in [-0.05, 0) is 42.0 Å². The standard InChI is InChI=1S/C14H9ClFNS/c15-12-2-4-13(5-3-12)18-9-10-1-6-14(16)11(7-10)8-17/h1-7H,9H2. The van der Waals surface area contributed by atoms with Gasteiger partial charge in [0, 0.05) is 15.7 Å². The van der Waals surface area contributed by atoms with Crippen molar-refractivity contribution in [1.82, 2.24) is 0 Å². The number of hydrogen-bond donors (Lipinski definition) is 0. The summed E-state index contributed by atoms with van der Waals surface area (Å²) < 4.78 is 13.1. The van der Waals surface area contributed by atoms with Gasteiger partial charge in [-0.15, -0.1) is 11.8 Å². The van der Waals surface area contributed by atoms with Gasteiger partial charge >= 0.3 is 0 Å². The molecule has 0 unspecified atom stereocenters. The van der Waals surface area contributed by atoms with Gasteiger partial charge in [-0.3, -0.25) is 0 Å². The van der Waals surface area contributed by atoms with E-state index >= 15 is 0 Å². The van der Waals surface area contributed by atoms with Crippen LogP contribution in [-0.2, 0) is 5.75 Å². The molecule has 0 amide bonds. The number of benzene rings is 2. The molecule has 2 aromatic carbocycles. The zero-order valence-corrected chi connectivity index (χ0v) is 10.9. The van der Waals surface area contributed by atoms with Crippen LogP contribution in [0.5, 0.6) is 0 Å². The summed E-state index contributed by atoms with van der Waals surface area (Å²) in [6, 6.07) is 14.0. The molecule has 0 radical (unpaired) electrons. The summed E-state index contributed by atoms with van der Waals surface area (Å²) in [5.41, 5.74) is 1.01. The Hall–Kier alpha value is -1.50. The molecule has 2 aromatic rings. The topological polar surface area (TPSA) is 23.8 Å². The van der Waals surface area contributed by atoms with Crippen LogP contribution in [0.4, 0.5) is 4.39 Å². The average molecular weight is 278 g/mol. The van der Waals surface area contributed by atoms with E-state index in [9.17, 15) is 4.39 Å². The highest BCUT2D eigenvalue weighted by Crippen LogP contribution is 2.24. The Kier molecular flexibility index (Phi) is 4.24. The fourth-order valence-corrected chi connectivity index (χ4v) is 2.41. The highest BCUT2D eigenvalue weighted by Gasteiger charge is 2.03. The second kappa shape index (κ2) is 5.90. The number of rotatable bonds is 3. The molecule has 0 N–H and O–H groups in total. The second-order valence-corrected chi connectivity index (χ2v) is 5.15. The smallest absolute Gasteiger partial charge is 0.140 e. The van der Waals surface area contributed by atoms with E-state index in [0.29, 0.717) is 10.8 Å². The fourth-order valence-electron chi connectivity index (χ4n) is 1.45. The molecule has 0 atom stereocenters. The van der Waals surface area contributed by atoms with Gasteiger partial charge in [-0.1, -0.05) is 17.7 Å². The predicted octanol–water partition coefficient (Wildman–Crippen LogP) is 4.64. The molecule has 0 saturated heterocycles. The highest BCUT2D eigenvalue weighted by atomic mass is 35.5. The first-order valence-corrected chi connectivity index (χ1v) is 6.62. The Morgan fingerprint density at radius 1 is 1.17 bits per heavy atom. The van der Waals surface area contributed by atoms with Gasteiger partial charge in [0.1, 0.15) is 11.9 Å². The SMILES string of the molecule is N#Cc1cc(CSc2ccc(Cl)cc2)ccc1F. The maximum atomic E-state index is 13.1. The van der Waals surface area contributed by atoms with E-state index in [1.165, 1.54) is 6.07 Å². The summed E-state index contributed by atoms with van der Waals surface area (Å²) in [6.07, 6.45) is 0. The number of hydrogen-bond acceptors (Lipinski definition) is 2. The maximum absolute atomic E-state index is 13.1. The number of halogens is 2. The molecule has 0 aliphatic heterocycles. The Balaban J connectivity index is 2.06. The normalized spacial score (nSPS) is 10.1. The fraction of sp³-hybridized carbons (Fsp3) is 0.0714. The van der Waals surface area contributed by atoms with Crippen molar-refractivity contribution in [2.24, 2.45) is 0 Å². The molecule has 0 aliphatic carbocycles. The lowest BCUT2D eigenvalue weighted by molar-refractivity contribution is 0.623. The van der Waals surface area contributed by atoms with Gasteiger partial charge in [-0.2, -0.15) is 5.26 Å². The molecule has 2 rings (SSSR count). The lowest BCUT2D eigenvalue weighted by Gasteiger charge is -2.03. The zero-order valence-electron chi connectivity index (χ0n) is 9.36. The van der Waals surface area contributed by atoms with Crippen molar-refractivity contribution >= 4 is 23.4 Å². The molecule has 1 nitrogen and oxygen atoms in total. The average Bonchev–Trinajstić information content (AvgIpc) is 2.39. The monoisotopic (exact) mass is 277 g/mol. The zero-order chi connectivity index (χ0) is 13.0. The van der Waals surface area contributed by atoms with Crippen LogP contribution in [0.15, 0.2) is 47.4 Å². The first-order valence-electron chi connectivity index (χ1n) is 5.26. The van der Waals surface area contributed by atoms with Crippen molar-refractivity contribution in [3.8, 4) is 6.07 Å². The number of nitriles is 1. The highest BCUT2D eigenvalue weighted by molar-refractivity contribution is 7.98. The summed E-state index contributed by atoms with van der Waals surface area (Å²) in [6.45, 7) is 0. The quantitative estimate of drug-likeness (QED) is 0.763. The minimum atomic E-state index is -0.474. The summed E-state index contributed by atoms with van der Waals surface area (Å²) >= 11 is 7.42. The van der Waals surface area contributed by atoms with Crippen molar-refractivity contribution in [1.29, 1.82) is 5.26 Å². The van der Waals surface area contributed by atoms with E-state index in [1.54, 1.807) is 23.9 Å². The van der Waals surface area contributed by atoms with E-state index in [4.69, 9.17) is 16.9 Å². The first kappa shape index (κ1) is 12.9. The minimum Gasteiger partial charge on any atom is -0.206 e.